The molecule has 4 heteroatoms. The van der Waals surface area contributed by atoms with E-state index < -0.39 is 0 Å². The third kappa shape index (κ3) is 3.19. The highest BCUT2D eigenvalue weighted by Gasteiger charge is 2.10. The van der Waals surface area contributed by atoms with Gasteiger partial charge in [-0.15, -0.1) is 0 Å². The molecule has 3 N–H and O–H groups in total. The second-order valence-corrected chi connectivity index (χ2v) is 4.82. The maximum Gasteiger partial charge on any atom is 0.161 e. The van der Waals surface area contributed by atoms with Gasteiger partial charge in [-0.1, -0.05) is 41.9 Å². The average Bonchev–Trinajstić information content (AvgIpc) is 2.40. The quantitative estimate of drug-likeness (QED) is 0.749. The van der Waals surface area contributed by atoms with Gasteiger partial charge in [-0.2, -0.15) is 0 Å². The minimum Gasteiger partial charge on any atom is -0.504 e. The summed E-state index contributed by atoms with van der Waals surface area (Å²) in [5.41, 5.74) is 1.66. The second kappa shape index (κ2) is 5.95. The molecule has 2 aromatic carbocycles. The van der Waals surface area contributed by atoms with Crippen LogP contribution in [0, 0.1) is 0 Å². The first kappa shape index (κ1) is 13.7. The molecule has 0 saturated heterocycles. The molecule has 2 aromatic rings. The van der Waals surface area contributed by atoms with Crippen LogP contribution in [-0.4, -0.2) is 10.2 Å². The third-order valence-corrected chi connectivity index (χ3v) is 3.41. The van der Waals surface area contributed by atoms with Crippen molar-refractivity contribution in [1.82, 2.24) is 5.32 Å². The first-order valence-corrected chi connectivity index (χ1v) is 6.45. The lowest BCUT2D eigenvalue weighted by Crippen LogP contribution is -2.18. The number of halogens is 1. The number of phenolic OH excluding ortho intramolecular Hbond substituents is 2. The summed E-state index contributed by atoms with van der Waals surface area (Å²) in [6.07, 6.45) is 0. The summed E-state index contributed by atoms with van der Waals surface area (Å²) in [5, 5.41) is 23.1. The van der Waals surface area contributed by atoms with Gasteiger partial charge in [0.25, 0.3) is 0 Å². The zero-order valence-electron chi connectivity index (χ0n) is 10.6. The van der Waals surface area contributed by atoms with Gasteiger partial charge in [0.15, 0.2) is 11.5 Å². The summed E-state index contributed by atoms with van der Waals surface area (Å²) >= 11 is 6.13. The molecule has 0 aliphatic heterocycles. The van der Waals surface area contributed by atoms with Crippen LogP contribution < -0.4 is 5.32 Å². The van der Waals surface area contributed by atoms with Crippen LogP contribution in [0.3, 0.4) is 0 Å². The third-order valence-electron chi connectivity index (χ3n) is 3.07. The largest absolute Gasteiger partial charge is 0.504 e. The number of aromatic hydroxyl groups is 2. The van der Waals surface area contributed by atoms with Gasteiger partial charge in [0.1, 0.15) is 0 Å². The molecule has 19 heavy (non-hydrogen) atoms. The van der Waals surface area contributed by atoms with Crippen LogP contribution in [0.25, 0.3) is 0 Å². The lowest BCUT2D eigenvalue weighted by atomic mass is 10.1. The summed E-state index contributed by atoms with van der Waals surface area (Å²) in [6, 6.07) is 12.6. The van der Waals surface area contributed by atoms with Gasteiger partial charge in [0, 0.05) is 23.2 Å². The molecular weight excluding hydrogens is 262 g/mol. The normalized spacial score (nSPS) is 12.3. The molecule has 0 spiro atoms. The van der Waals surface area contributed by atoms with Crippen LogP contribution in [0.2, 0.25) is 5.02 Å². The Bertz CT molecular complexity index is 572. The van der Waals surface area contributed by atoms with Crippen molar-refractivity contribution in [2.24, 2.45) is 0 Å². The van der Waals surface area contributed by atoms with Crippen molar-refractivity contribution in [3.63, 3.8) is 0 Å². The van der Waals surface area contributed by atoms with E-state index in [0.717, 1.165) is 5.56 Å². The Labute approximate surface area is 117 Å². The van der Waals surface area contributed by atoms with Crippen LogP contribution >= 0.6 is 11.6 Å². The number of rotatable bonds is 4. The maximum atomic E-state index is 9.72. The van der Waals surface area contributed by atoms with E-state index in [-0.39, 0.29) is 17.5 Å². The highest BCUT2D eigenvalue weighted by Crippen LogP contribution is 2.29. The fourth-order valence-electron chi connectivity index (χ4n) is 1.92. The van der Waals surface area contributed by atoms with Crippen LogP contribution in [-0.2, 0) is 6.54 Å². The Morgan fingerprint density at radius 3 is 2.58 bits per heavy atom. The molecule has 0 radical (unpaired) electrons. The molecule has 1 unspecified atom stereocenters. The Morgan fingerprint density at radius 1 is 1.11 bits per heavy atom. The number of nitrogens with one attached hydrogen (secondary N) is 1. The lowest BCUT2D eigenvalue weighted by molar-refractivity contribution is 0.396. The number of para-hydroxylation sites is 1. The predicted octanol–water partition coefficient (Wildman–Crippen LogP) is 3.60. The molecule has 1 atom stereocenters. The molecule has 0 heterocycles. The van der Waals surface area contributed by atoms with Gasteiger partial charge in [-0.3, -0.25) is 0 Å². The minimum atomic E-state index is -0.107. The Hall–Kier alpha value is -1.71. The van der Waals surface area contributed by atoms with Crippen LogP contribution in [0.1, 0.15) is 24.1 Å². The Morgan fingerprint density at radius 2 is 1.84 bits per heavy atom. The van der Waals surface area contributed by atoms with Crippen molar-refractivity contribution < 1.29 is 10.2 Å². The van der Waals surface area contributed by atoms with E-state index in [1.54, 1.807) is 12.1 Å². The number of benzene rings is 2. The molecule has 0 aromatic heterocycles. The van der Waals surface area contributed by atoms with Crippen molar-refractivity contribution in [2.75, 3.05) is 0 Å². The van der Waals surface area contributed by atoms with Crippen LogP contribution in [0.5, 0.6) is 11.5 Å². The van der Waals surface area contributed by atoms with Gasteiger partial charge in [-0.05, 0) is 24.6 Å². The van der Waals surface area contributed by atoms with Gasteiger partial charge < -0.3 is 15.5 Å². The molecule has 100 valence electrons. The molecular formula is C15H16ClNO2. The van der Waals surface area contributed by atoms with Crippen molar-refractivity contribution in [3.05, 3.63) is 58.6 Å². The number of hydrogen-bond donors (Lipinski definition) is 3. The summed E-state index contributed by atoms with van der Waals surface area (Å²) < 4.78 is 0. The molecule has 0 fully saturated rings. The van der Waals surface area contributed by atoms with E-state index in [0.29, 0.717) is 17.1 Å². The summed E-state index contributed by atoms with van der Waals surface area (Å²) in [6.45, 7) is 2.45. The summed E-state index contributed by atoms with van der Waals surface area (Å²) in [5.74, 6) is -0.189. The van der Waals surface area contributed by atoms with Crippen molar-refractivity contribution >= 4 is 11.6 Å². The van der Waals surface area contributed by atoms with Gasteiger partial charge >= 0.3 is 0 Å². The maximum absolute atomic E-state index is 9.72. The molecule has 0 aliphatic rings. The van der Waals surface area contributed by atoms with Crippen molar-refractivity contribution in [1.29, 1.82) is 0 Å². The predicted molar refractivity (Wildman–Crippen MR) is 76.5 cm³/mol. The van der Waals surface area contributed by atoms with Gasteiger partial charge in [0.2, 0.25) is 0 Å². The first-order chi connectivity index (χ1) is 9.09. The van der Waals surface area contributed by atoms with E-state index in [2.05, 4.69) is 5.32 Å². The summed E-state index contributed by atoms with van der Waals surface area (Å²) in [7, 11) is 0. The molecule has 0 aliphatic carbocycles. The molecule has 2 rings (SSSR count). The molecule has 0 bridgehead atoms. The van der Waals surface area contributed by atoms with Gasteiger partial charge in [0.05, 0.1) is 0 Å². The van der Waals surface area contributed by atoms with E-state index in [1.165, 1.54) is 6.07 Å². The Balaban J connectivity index is 2.07. The molecule has 0 saturated carbocycles. The first-order valence-electron chi connectivity index (χ1n) is 6.07. The van der Waals surface area contributed by atoms with Crippen molar-refractivity contribution in [3.8, 4) is 11.5 Å². The van der Waals surface area contributed by atoms with Crippen LogP contribution in [0.4, 0.5) is 0 Å². The number of phenols is 2. The molecule has 0 amide bonds. The van der Waals surface area contributed by atoms with Crippen LogP contribution in [0.15, 0.2) is 42.5 Å². The number of hydrogen-bond acceptors (Lipinski definition) is 3. The van der Waals surface area contributed by atoms with Gasteiger partial charge in [-0.25, -0.2) is 0 Å². The van der Waals surface area contributed by atoms with Crippen molar-refractivity contribution in [2.45, 2.75) is 19.5 Å². The smallest absolute Gasteiger partial charge is 0.161 e. The Kier molecular flexibility index (Phi) is 4.30. The fourth-order valence-corrected chi connectivity index (χ4v) is 2.22. The zero-order valence-corrected chi connectivity index (χ0v) is 11.4. The monoisotopic (exact) mass is 277 g/mol. The topological polar surface area (TPSA) is 52.5 Å². The van der Waals surface area contributed by atoms with E-state index in [1.807, 2.05) is 31.2 Å². The van der Waals surface area contributed by atoms with E-state index >= 15 is 0 Å². The minimum absolute atomic E-state index is 0.0513. The fraction of sp³-hybridized carbons (Fsp3) is 0.200. The second-order valence-electron chi connectivity index (χ2n) is 4.41. The average molecular weight is 278 g/mol. The highest BCUT2D eigenvalue weighted by molar-refractivity contribution is 6.31. The highest BCUT2D eigenvalue weighted by atomic mass is 35.5. The SMILES string of the molecule is CC(NCc1cccc(O)c1O)c1ccccc1Cl. The van der Waals surface area contributed by atoms with E-state index in [9.17, 15) is 10.2 Å². The summed E-state index contributed by atoms with van der Waals surface area (Å²) in [4.78, 5) is 0. The zero-order chi connectivity index (χ0) is 13.8. The van der Waals surface area contributed by atoms with E-state index in [4.69, 9.17) is 11.6 Å². The standard InChI is InChI=1S/C15H16ClNO2/c1-10(12-6-2-3-7-13(12)16)17-9-11-5-4-8-14(18)15(11)19/h2-8,10,17-19H,9H2,1H3. The lowest BCUT2D eigenvalue weighted by Gasteiger charge is -2.16. The molecule has 3 nitrogen and oxygen atoms in total.